The Balaban J connectivity index is 2.59. The molecule has 0 aliphatic rings. The van der Waals surface area contributed by atoms with E-state index in [0.29, 0.717) is 5.02 Å². The first kappa shape index (κ1) is 12.6. The molecule has 0 amide bonds. The number of thiophene rings is 1. The quantitative estimate of drug-likeness (QED) is 0.893. The molecule has 2 aromatic rings. The van der Waals surface area contributed by atoms with E-state index in [2.05, 4.69) is 0 Å². The van der Waals surface area contributed by atoms with Gasteiger partial charge in [0.25, 0.3) is 0 Å². The molecule has 0 fully saturated rings. The topological polar surface area (TPSA) is 46.2 Å². The summed E-state index contributed by atoms with van der Waals surface area (Å²) in [5.41, 5.74) is 8.96. The van der Waals surface area contributed by atoms with E-state index in [1.807, 2.05) is 36.6 Å². The summed E-state index contributed by atoms with van der Waals surface area (Å²) in [5.74, 6) is 0. The molecule has 1 aromatic heterocycles. The number of hydrogen-bond acceptors (Lipinski definition) is 3. The van der Waals surface area contributed by atoms with Crippen molar-refractivity contribution in [3.63, 3.8) is 0 Å². The molecule has 0 aliphatic heterocycles. The van der Waals surface area contributed by atoms with E-state index in [9.17, 15) is 5.11 Å². The van der Waals surface area contributed by atoms with Crippen LogP contribution < -0.4 is 5.73 Å². The highest BCUT2D eigenvalue weighted by atomic mass is 35.5. The Morgan fingerprint density at radius 2 is 2.18 bits per heavy atom. The van der Waals surface area contributed by atoms with Gasteiger partial charge in [-0.15, -0.1) is 11.3 Å². The maximum absolute atomic E-state index is 9.30. The number of aliphatic hydroxyl groups excluding tert-OH is 1. The largest absolute Gasteiger partial charge is 0.392 e. The van der Waals surface area contributed by atoms with Gasteiger partial charge in [-0.25, -0.2) is 0 Å². The molecule has 1 aromatic carbocycles. The normalized spacial score (nSPS) is 12.7. The molecule has 2 nitrogen and oxygen atoms in total. The summed E-state index contributed by atoms with van der Waals surface area (Å²) in [6.45, 7) is 1.97. The lowest BCUT2D eigenvalue weighted by atomic mass is 9.99. The van der Waals surface area contributed by atoms with E-state index in [4.69, 9.17) is 17.3 Å². The molecule has 0 bridgehead atoms. The van der Waals surface area contributed by atoms with Crippen LogP contribution in [0, 0.1) is 0 Å². The Bertz CT molecular complexity index is 522. The van der Waals surface area contributed by atoms with Crippen LogP contribution in [0.5, 0.6) is 0 Å². The molecule has 1 heterocycles. The molecular formula is C13H14ClNOS. The van der Waals surface area contributed by atoms with Crippen LogP contribution in [0.15, 0.2) is 29.6 Å². The number of rotatable bonds is 3. The van der Waals surface area contributed by atoms with Gasteiger partial charge in [0, 0.05) is 15.9 Å². The average molecular weight is 268 g/mol. The fraction of sp³-hybridized carbons (Fsp3) is 0.231. The SMILES string of the molecule is CC(N)c1cc(Cl)ccc1-c1sccc1CO. The Kier molecular flexibility index (Phi) is 3.84. The molecule has 4 heteroatoms. The maximum Gasteiger partial charge on any atom is 0.0696 e. The zero-order valence-corrected chi connectivity index (χ0v) is 11.1. The number of nitrogens with two attached hydrogens (primary N) is 1. The minimum absolute atomic E-state index is 0.0415. The summed E-state index contributed by atoms with van der Waals surface area (Å²) in [7, 11) is 0. The first-order valence-corrected chi connectivity index (χ1v) is 6.62. The van der Waals surface area contributed by atoms with Crippen molar-refractivity contribution < 1.29 is 5.11 Å². The average Bonchev–Trinajstić information content (AvgIpc) is 2.76. The fourth-order valence-corrected chi connectivity index (χ4v) is 2.96. The van der Waals surface area contributed by atoms with Gasteiger partial charge in [0.15, 0.2) is 0 Å². The zero-order chi connectivity index (χ0) is 12.4. The van der Waals surface area contributed by atoms with Gasteiger partial charge >= 0.3 is 0 Å². The molecule has 0 saturated carbocycles. The van der Waals surface area contributed by atoms with Gasteiger partial charge in [-0.1, -0.05) is 17.7 Å². The van der Waals surface area contributed by atoms with Gasteiger partial charge in [0.2, 0.25) is 0 Å². The second kappa shape index (κ2) is 5.19. The lowest BCUT2D eigenvalue weighted by Crippen LogP contribution is -2.06. The van der Waals surface area contributed by atoms with Gasteiger partial charge in [-0.05, 0) is 47.2 Å². The molecule has 0 radical (unpaired) electrons. The Labute approximate surface area is 110 Å². The van der Waals surface area contributed by atoms with E-state index < -0.39 is 0 Å². The summed E-state index contributed by atoms with van der Waals surface area (Å²) in [4.78, 5) is 1.07. The molecular weight excluding hydrogens is 254 g/mol. The molecule has 3 N–H and O–H groups in total. The lowest BCUT2D eigenvalue weighted by molar-refractivity contribution is 0.283. The number of hydrogen-bond donors (Lipinski definition) is 2. The Morgan fingerprint density at radius 3 is 2.82 bits per heavy atom. The van der Waals surface area contributed by atoms with Crippen molar-refractivity contribution in [1.82, 2.24) is 0 Å². The van der Waals surface area contributed by atoms with Crippen LogP contribution in [0.25, 0.3) is 10.4 Å². The van der Waals surface area contributed by atoms with Crippen molar-refractivity contribution in [2.24, 2.45) is 5.73 Å². The third-order valence-corrected chi connectivity index (χ3v) is 3.89. The van der Waals surface area contributed by atoms with E-state index in [1.54, 1.807) is 11.3 Å². The van der Waals surface area contributed by atoms with Gasteiger partial charge in [-0.2, -0.15) is 0 Å². The zero-order valence-electron chi connectivity index (χ0n) is 9.48. The fourth-order valence-electron chi connectivity index (χ4n) is 1.81. The lowest BCUT2D eigenvalue weighted by Gasteiger charge is -2.13. The minimum Gasteiger partial charge on any atom is -0.392 e. The minimum atomic E-state index is -0.0858. The van der Waals surface area contributed by atoms with Crippen LogP contribution in [0.3, 0.4) is 0 Å². The van der Waals surface area contributed by atoms with Crippen LogP contribution in [-0.4, -0.2) is 5.11 Å². The molecule has 0 aliphatic carbocycles. The maximum atomic E-state index is 9.30. The standard InChI is InChI=1S/C13H14ClNOS/c1-8(15)12-6-10(14)2-3-11(12)13-9(7-16)4-5-17-13/h2-6,8,16H,7,15H2,1H3. The predicted molar refractivity (Wildman–Crippen MR) is 73.3 cm³/mol. The summed E-state index contributed by atoms with van der Waals surface area (Å²) in [5, 5.41) is 12.0. The van der Waals surface area contributed by atoms with E-state index in [-0.39, 0.29) is 12.6 Å². The molecule has 1 unspecified atom stereocenters. The molecule has 90 valence electrons. The number of aliphatic hydroxyl groups is 1. The highest BCUT2D eigenvalue weighted by molar-refractivity contribution is 7.13. The highest BCUT2D eigenvalue weighted by Gasteiger charge is 2.13. The van der Waals surface area contributed by atoms with Gasteiger partial charge in [0.05, 0.1) is 6.61 Å². The highest BCUT2D eigenvalue weighted by Crippen LogP contribution is 2.35. The second-order valence-electron chi connectivity index (χ2n) is 3.95. The molecule has 17 heavy (non-hydrogen) atoms. The summed E-state index contributed by atoms with van der Waals surface area (Å²) >= 11 is 7.60. The molecule has 0 spiro atoms. The van der Waals surface area contributed by atoms with Crippen LogP contribution in [0.4, 0.5) is 0 Å². The van der Waals surface area contributed by atoms with Crippen molar-refractivity contribution in [2.45, 2.75) is 19.6 Å². The second-order valence-corrected chi connectivity index (χ2v) is 5.31. The summed E-state index contributed by atoms with van der Waals surface area (Å²) in [6.07, 6.45) is 0. The monoisotopic (exact) mass is 267 g/mol. The van der Waals surface area contributed by atoms with E-state index in [0.717, 1.165) is 21.6 Å². The Morgan fingerprint density at radius 1 is 1.41 bits per heavy atom. The van der Waals surface area contributed by atoms with Crippen LogP contribution >= 0.6 is 22.9 Å². The van der Waals surface area contributed by atoms with Crippen molar-refractivity contribution in [2.75, 3.05) is 0 Å². The van der Waals surface area contributed by atoms with Crippen LogP contribution in [0.2, 0.25) is 5.02 Å². The number of benzene rings is 1. The van der Waals surface area contributed by atoms with Crippen molar-refractivity contribution >= 4 is 22.9 Å². The smallest absolute Gasteiger partial charge is 0.0696 e. The third kappa shape index (κ3) is 2.53. The molecule has 1 atom stereocenters. The van der Waals surface area contributed by atoms with Crippen molar-refractivity contribution in [3.8, 4) is 10.4 Å². The van der Waals surface area contributed by atoms with Gasteiger partial charge in [0.1, 0.15) is 0 Å². The molecule has 2 rings (SSSR count). The Hall–Kier alpha value is -0.870. The predicted octanol–water partition coefficient (Wildman–Crippen LogP) is 3.58. The number of halogens is 1. The van der Waals surface area contributed by atoms with Gasteiger partial charge < -0.3 is 10.8 Å². The van der Waals surface area contributed by atoms with E-state index >= 15 is 0 Å². The van der Waals surface area contributed by atoms with Crippen LogP contribution in [-0.2, 0) is 6.61 Å². The first-order chi connectivity index (χ1) is 8.13. The summed E-state index contributed by atoms with van der Waals surface area (Å²) in [6, 6.07) is 7.55. The summed E-state index contributed by atoms with van der Waals surface area (Å²) < 4.78 is 0. The van der Waals surface area contributed by atoms with Crippen LogP contribution in [0.1, 0.15) is 24.1 Å². The van der Waals surface area contributed by atoms with Crippen molar-refractivity contribution in [3.05, 3.63) is 45.8 Å². The van der Waals surface area contributed by atoms with Gasteiger partial charge in [-0.3, -0.25) is 0 Å². The first-order valence-electron chi connectivity index (χ1n) is 5.36. The molecule has 0 saturated heterocycles. The van der Waals surface area contributed by atoms with Crippen molar-refractivity contribution in [1.29, 1.82) is 0 Å². The third-order valence-electron chi connectivity index (χ3n) is 2.67. The van der Waals surface area contributed by atoms with E-state index in [1.165, 1.54) is 0 Å².